The summed E-state index contributed by atoms with van der Waals surface area (Å²) in [7, 11) is -4.07. The third kappa shape index (κ3) is 6.16. The third-order valence-electron chi connectivity index (χ3n) is 7.14. The second-order valence-electron chi connectivity index (χ2n) is 9.64. The first-order valence-electron chi connectivity index (χ1n) is 12.4. The highest BCUT2D eigenvalue weighted by molar-refractivity contribution is 7.89. The molecule has 0 amide bonds. The molecule has 1 heterocycles. The van der Waals surface area contributed by atoms with Gasteiger partial charge in [0.05, 0.1) is 4.90 Å². The van der Waals surface area contributed by atoms with Crippen LogP contribution >= 0.6 is 24.0 Å². The first kappa shape index (κ1) is 28.4. The number of likely N-dealkylation sites (tertiary alicyclic amines) is 1. The maximum absolute atomic E-state index is 13.2. The summed E-state index contributed by atoms with van der Waals surface area (Å²) in [5, 5.41) is 10.6. The number of benzene rings is 3. The van der Waals surface area contributed by atoms with Gasteiger partial charge in [0.15, 0.2) is 0 Å². The van der Waals surface area contributed by atoms with Crippen LogP contribution in [0, 0.1) is 0 Å². The summed E-state index contributed by atoms with van der Waals surface area (Å²) >= 11 is 5.94. The largest absolute Gasteiger partial charge is 0.492 e. The molecule has 3 aromatic rings. The Morgan fingerprint density at radius 3 is 2.29 bits per heavy atom. The predicted molar refractivity (Wildman–Crippen MR) is 150 cm³/mol. The number of hydrogen-bond donors (Lipinski definition) is 2. The van der Waals surface area contributed by atoms with Gasteiger partial charge in [-0.15, -0.1) is 12.4 Å². The minimum Gasteiger partial charge on any atom is -0.492 e. The molecule has 1 saturated carbocycles. The fourth-order valence-corrected chi connectivity index (χ4v) is 6.48. The first-order chi connectivity index (χ1) is 17.8. The minimum atomic E-state index is -4.07. The van der Waals surface area contributed by atoms with E-state index in [2.05, 4.69) is 9.62 Å². The number of carboxylic acids is 1. The summed E-state index contributed by atoms with van der Waals surface area (Å²) < 4.78 is 34.7. The van der Waals surface area contributed by atoms with Crippen molar-refractivity contribution in [1.82, 2.24) is 9.62 Å². The van der Waals surface area contributed by atoms with Gasteiger partial charge in [0.1, 0.15) is 17.9 Å². The summed E-state index contributed by atoms with van der Waals surface area (Å²) in [5.74, 6) is -1.03. The van der Waals surface area contributed by atoms with Gasteiger partial charge in [0.25, 0.3) is 0 Å². The van der Waals surface area contributed by atoms with Gasteiger partial charge in [-0.3, -0.25) is 9.69 Å². The van der Waals surface area contributed by atoms with Crippen molar-refractivity contribution >= 4 is 40.0 Å². The molecule has 3 aromatic carbocycles. The van der Waals surface area contributed by atoms with E-state index >= 15 is 0 Å². The van der Waals surface area contributed by atoms with Crippen molar-refractivity contribution in [2.24, 2.45) is 0 Å². The van der Waals surface area contributed by atoms with E-state index in [0.29, 0.717) is 17.4 Å². The molecule has 0 aromatic heterocycles. The van der Waals surface area contributed by atoms with Gasteiger partial charge in [-0.05, 0) is 85.4 Å². The Kier molecular flexibility index (Phi) is 8.69. The van der Waals surface area contributed by atoms with E-state index < -0.39 is 27.4 Å². The van der Waals surface area contributed by atoms with Crippen LogP contribution in [0.4, 0.5) is 0 Å². The Morgan fingerprint density at radius 2 is 1.66 bits per heavy atom. The molecule has 2 unspecified atom stereocenters. The summed E-state index contributed by atoms with van der Waals surface area (Å²) in [6.45, 7) is 3.59. The molecular weight excluding hydrogens is 547 g/mol. The maximum atomic E-state index is 13.2. The van der Waals surface area contributed by atoms with E-state index in [1.807, 2.05) is 36.4 Å². The second-order valence-corrected chi connectivity index (χ2v) is 11.8. The molecule has 38 heavy (non-hydrogen) atoms. The molecule has 7 nitrogen and oxygen atoms in total. The van der Waals surface area contributed by atoms with Gasteiger partial charge < -0.3 is 9.84 Å². The number of carbonyl (C=O) groups is 1. The fraction of sp³-hybridized carbons (Fsp3) is 0.321. The standard InChI is InChI=1S/C28H29ClN2O5S.ClH/c29-23-10-6-20(7-11-23)21-8-12-25(13-9-21)37(34,35)30-28(27(32)33)19-26(28)22-4-3-5-24(18-22)36-17-16-31-14-1-2-15-31;/h3-13,18,26,30H,1-2,14-17,19H2,(H,32,33);1H. The van der Waals surface area contributed by atoms with Crippen LogP contribution in [-0.2, 0) is 14.8 Å². The smallest absolute Gasteiger partial charge is 0.325 e. The predicted octanol–water partition coefficient (Wildman–Crippen LogP) is 5.19. The van der Waals surface area contributed by atoms with Crippen LogP contribution in [0.5, 0.6) is 5.75 Å². The highest BCUT2D eigenvalue weighted by Gasteiger charge is 2.63. The van der Waals surface area contributed by atoms with Crippen LogP contribution in [0.2, 0.25) is 5.02 Å². The Labute approximate surface area is 234 Å². The Balaban J connectivity index is 0.00000336. The van der Waals surface area contributed by atoms with Gasteiger partial charge in [-0.1, -0.05) is 48.0 Å². The van der Waals surface area contributed by atoms with E-state index in [1.54, 1.807) is 24.3 Å². The van der Waals surface area contributed by atoms with Crippen LogP contribution < -0.4 is 9.46 Å². The lowest BCUT2D eigenvalue weighted by molar-refractivity contribution is -0.140. The maximum Gasteiger partial charge on any atom is 0.325 e. The molecule has 1 aliphatic carbocycles. The molecule has 1 saturated heterocycles. The lowest BCUT2D eigenvalue weighted by Gasteiger charge is -2.17. The monoisotopic (exact) mass is 576 g/mol. The zero-order valence-corrected chi connectivity index (χ0v) is 23.1. The van der Waals surface area contributed by atoms with Crippen molar-refractivity contribution < 1.29 is 23.1 Å². The van der Waals surface area contributed by atoms with Crippen molar-refractivity contribution in [3.8, 4) is 16.9 Å². The average molecular weight is 578 g/mol. The van der Waals surface area contributed by atoms with Crippen LogP contribution in [0.25, 0.3) is 11.1 Å². The van der Waals surface area contributed by atoms with Crippen molar-refractivity contribution in [3.63, 3.8) is 0 Å². The molecule has 2 atom stereocenters. The number of carboxylic acid groups (broad SMARTS) is 1. The zero-order valence-electron chi connectivity index (χ0n) is 20.7. The van der Waals surface area contributed by atoms with Crippen molar-refractivity contribution in [1.29, 1.82) is 0 Å². The molecule has 5 rings (SSSR count). The number of rotatable bonds is 10. The first-order valence-corrected chi connectivity index (χ1v) is 14.2. The summed E-state index contributed by atoms with van der Waals surface area (Å²) in [6.07, 6.45) is 2.61. The van der Waals surface area contributed by atoms with Gasteiger partial charge in [-0.25, -0.2) is 8.42 Å². The normalized spacial score (nSPS) is 21.0. The summed E-state index contributed by atoms with van der Waals surface area (Å²) in [6, 6.07) is 20.9. The summed E-state index contributed by atoms with van der Waals surface area (Å²) in [4.78, 5) is 14.6. The van der Waals surface area contributed by atoms with Crippen molar-refractivity contribution in [3.05, 3.63) is 83.4 Å². The van der Waals surface area contributed by atoms with E-state index in [1.165, 1.54) is 25.0 Å². The van der Waals surface area contributed by atoms with Gasteiger partial charge in [0.2, 0.25) is 10.0 Å². The minimum absolute atomic E-state index is 0. The molecule has 1 aliphatic heterocycles. The number of nitrogens with zero attached hydrogens (tertiary/aromatic N) is 1. The third-order valence-corrected chi connectivity index (χ3v) is 8.91. The van der Waals surface area contributed by atoms with Gasteiger partial charge >= 0.3 is 5.97 Å². The molecule has 0 radical (unpaired) electrons. The van der Waals surface area contributed by atoms with E-state index in [9.17, 15) is 18.3 Å². The van der Waals surface area contributed by atoms with Crippen molar-refractivity contribution in [2.45, 2.75) is 35.6 Å². The number of ether oxygens (including phenoxy) is 1. The SMILES string of the molecule is Cl.O=C(O)C1(NS(=O)(=O)c2ccc(-c3ccc(Cl)cc3)cc2)CC1c1cccc(OCCN2CCCC2)c1. The van der Waals surface area contributed by atoms with E-state index in [4.69, 9.17) is 16.3 Å². The Hall–Kier alpha value is -2.62. The average Bonchev–Trinajstić information content (AvgIpc) is 3.37. The number of halogens is 2. The zero-order chi connectivity index (χ0) is 26.0. The number of aliphatic carboxylic acids is 1. The summed E-state index contributed by atoms with van der Waals surface area (Å²) in [5.41, 5.74) is 0.867. The molecule has 10 heteroatoms. The van der Waals surface area contributed by atoms with Gasteiger partial charge in [0, 0.05) is 17.5 Å². The topological polar surface area (TPSA) is 95.9 Å². The van der Waals surface area contributed by atoms with E-state index in [-0.39, 0.29) is 23.7 Å². The molecule has 202 valence electrons. The van der Waals surface area contributed by atoms with Gasteiger partial charge in [-0.2, -0.15) is 4.72 Å². The number of nitrogens with one attached hydrogen (secondary N) is 1. The van der Waals surface area contributed by atoms with Crippen LogP contribution in [0.1, 0.15) is 30.7 Å². The molecule has 2 aliphatic rings. The quantitative estimate of drug-likeness (QED) is 0.344. The second kappa shape index (κ2) is 11.6. The highest BCUT2D eigenvalue weighted by atomic mass is 35.5. The van der Waals surface area contributed by atoms with Crippen LogP contribution in [0.15, 0.2) is 77.7 Å². The molecule has 0 bridgehead atoms. The molecule has 0 spiro atoms. The molecule has 2 fully saturated rings. The van der Waals surface area contributed by atoms with E-state index in [0.717, 1.165) is 36.3 Å². The Bertz CT molecular complexity index is 1380. The molecular formula is C28H30Cl2N2O5S. The highest BCUT2D eigenvalue weighted by Crippen LogP contribution is 2.53. The van der Waals surface area contributed by atoms with Crippen molar-refractivity contribution in [2.75, 3.05) is 26.2 Å². The number of hydrogen-bond acceptors (Lipinski definition) is 5. The number of sulfonamides is 1. The fourth-order valence-electron chi connectivity index (χ4n) is 4.95. The lowest BCUT2D eigenvalue weighted by atomic mass is 10.1. The molecule has 2 N–H and O–H groups in total. The lowest BCUT2D eigenvalue weighted by Crippen LogP contribution is -2.44. The van der Waals surface area contributed by atoms with Crippen LogP contribution in [0.3, 0.4) is 0 Å². The van der Waals surface area contributed by atoms with Crippen LogP contribution in [-0.4, -0.2) is 56.2 Å². The Morgan fingerprint density at radius 1 is 1.03 bits per heavy atom.